The minimum absolute atomic E-state index is 0. The fourth-order valence-corrected chi connectivity index (χ4v) is 1.96. The molecule has 0 saturated carbocycles. The van der Waals surface area contributed by atoms with Crippen LogP contribution in [0.1, 0.15) is 28.8 Å². The minimum atomic E-state index is 0. The molecule has 0 aliphatic rings. The lowest BCUT2D eigenvalue weighted by Crippen LogP contribution is -2.25. The fourth-order valence-electron chi connectivity index (χ4n) is 1.38. The molecule has 0 aliphatic carbocycles. The van der Waals surface area contributed by atoms with Gasteiger partial charge in [0.15, 0.2) is 0 Å². The predicted octanol–water partition coefficient (Wildman–Crippen LogP) is 2.49. The van der Waals surface area contributed by atoms with E-state index in [-0.39, 0.29) is 18.3 Å². The first-order valence-electron chi connectivity index (χ1n) is 5.39. The molecule has 17 heavy (non-hydrogen) atoms. The summed E-state index contributed by atoms with van der Waals surface area (Å²) in [6, 6.07) is 5.89. The third-order valence-corrected chi connectivity index (χ3v) is 3.22. The molecule has 3 nitrogen and oxygen atoms in total. The van der Waals surface area contributed by atoms with E-state index in [1.807, 2.05) is 25.1 Å². The summed E-state index contributed by atoms with van der Waals surface area (Å²) in [4.78, 5) is 11.8. The van der Waals surface area contributed by atoms with E-state index in [0.29, 0.717) is 13.1 Å². The van der Waals surface area contributed by atoms with Crippen molar-refractivity contribution in [3.63, 3.8) is 0 Å². The van der Waals surface area contributed by atoms with Crippen molar-refractivity contribution in [1.82, 2.24) is 5.32 Å². The van der Waals surface area contributed by atoms with Gasteiger partial charge >= 0.3 is 0 Å². The van der Waals surface area contributed by atoms with Crippen molar-refractivity contribution >= 4 is 40.9 Å². The number of unbranched alkanes of at least 4 members (excludes halogenated alkanes) is 1. The van der Waals surface area contributed by atoms with Gasteiger partial charge in [0, 0.05) is 10.1 Å². The van der Waals surface area contributed by atoms with E-state index in [0.717, 1.165) is 27.5 Å². The number of hydrogen-bond donors (Lipinski definition) is 2. The van der Waals surface area contributed by atoms with Crippen molar-refractivity contribution in [2.75, 3.05) is 13.1 Å². The third kappa shape index (κ3) is 5.70. The second-order valence-electron chi connectivity index (χ2n) is 3.73. The number of carbonyl (C=O) groups is 1. The highest BCUT2D eigenvalue weighted by molar-refractivity contribution is 14.1. The van der Waals surface area contributed by atoms with E-state index < -0.39 is 0 Å². The zero-order valence-electron chi connectivity index (χ0n) is 9.83. The molecule has 0 atom stereocenters. The number of hydrogen-bond acceptors (Lipinski definition) is 2. The highest BCUT2D eigenvalue weighted by atomic mass is 127. The van der Waals surface area contributed by atoms with Gasteiger partial charge in [-0.05, 0) is 61.0 Å². The first kappa shape index (κ1) is 16.7. The van der Waals surface area contributed by atoms with Gasteiger partial charge in [0.05, 0.1) is 5.56 Å². The molecule has 1 aromatic carbocycles. The SMILES string of the molecule is Cc1ccc(I)c(C(=O)NCCCCN)c1.Cl. The maximum atomic E-state index is 11.8. The molecule has 0 spiro atoms. The van der Waals surface area contributed by atoms with Gasteiger partial charge in [-0.3, -0.25) is 4.79 Å². The highest BCUT2D eigenvalue weighted by Crippen LogP contribution is 2.13. The number of nitrogens with two attached hydrogens (primary N) is 1. The van der Waals surface area contributed by atoms with E-state index in [9.17, 15) is 4.79 Å². The number of aryl methyl sites for hydroxylation is 1. The quantitative estimate of drug-likeness (QED) is 0.620. The van der Waals surface area contributed by atoms with Crippen molar-refractivity contribution in [3.8, 4) is 0 Å². The molecule has 0 radical (unpaired) electrons. The van der Waals surface area contributed by atoms with Crippen LogP contribution in [0, 0.1) is 10.5 Å². The standard InChI is InChI=1S/C12H17IN2O.ClH/c1-9-4-5-11(13)10(8-9)12(16)15-7-3-2-6-14;/h4-5,8H,2-3,6-7,14H2,1H3,(H,15,16);1H. The summed E-state index contributed by atoms with van der Waals surface area (Å²) in [6.07, 6.45) is 1.88. The molecule has 1 amide bonds. The summed E-state index contributed by atoms with van der Waals surface area (Å²) in [5, 5.41) is 2.90. The van der Waals surface area contributed by atoms with Crippen molar-refractivity contribution < 1.29 is 4.79 Å². The number of nitrogens with one attached hydrogen (secondary N) is 1. The van der Waals surface area contributed by atoms with Gasteiger partial charge in [-0.15, -0.1) is 12.4 Å². The Morgan fingerprint density at radius 3 is 2.76 bits per heavy atom. The number of rotatable bonds is 5. The summed E-state index contributed by atoms with van der Waals surface area (Å²) < 4.78 is 0.986. The van der Waals surface area contributed by atoms with Crippen LogP contribution in [0.5, 0.6) is 0 Å². The average molecular weight is 369 g/mol. The molecule has 0 aromatic heterocycles. The van der Waals surface area contributed by atoms with E-state index in [1.54, 1.807) is 0 Å². The molecule has 0 saturated heterocycles. The van der Waals surface area contributed by atoms with E-state index >= 15 is 0 Å². The second-order valence-corrected chi connectivity index (χ2v) is 4.90. The van der Waals surface area contributed by atoms with Crippen LogP contribution >= 0.6 is 35.0 Å². The minimum Gasteiger partial charge on any atom is -0.352 e. The molecule has 0 heterocycles. The van der Waals surface area contributed by atoms with Gasteiger partial charge in [0.1, 0.15) is 0 Å². The lowest BCUT2D eigenvalue weighted by molar-refractivity contribution is 0.0952. The lowest BCUT2D eigenvalue weighted by Gasteiger charge is -2.07. The number of amides is 1. The number of halogens is 2. The van der Waals surface area contributed by atoms with Crippen LogP contribution in [0.4, 0.5) is 0 Å². The molecule has 0 unspecified atom stereocenters. The summed E-state index contributed by atoms with van der Waals surface area (Å²) >= 11 is 2.18. The summed E-state index contributed by atoms with van der Waals surface area (Å²) in [5.74, 6) is 0.00474. The molecule has 96 valence electrons. The summed E-state index contributed by atoms with van der Waals surface area (Å²) in [7, 11) is 0. The molecule has 0 fully saturated rings. The van der Waals surface area contributed by atoms with Crippen LogP contribution in [0.2, 0.25) is 0 Å². The summed E-state index contributed by atoms with van der Waals surface area (Å²) in [6.45, 7) is 3.36. The monoisotopic (exact) mass is 368 g/mol. The average Bonchev–Trinajstić information content (AvgIpc) is 2.27. The van der Waals surface area contributed by atoms with Crippen LogP contribution in [0.25, 0.3) is 0 Å². The van der Waals surface area contributed by atoms with Crippen LogP contribution in [0.15, 0.2) is 18.2 Å². The van der Waals surface area contributed by atoms with E-state index in [4.69, 9.17) is 5.73 Å². The molecular formula is C12H18ClIN2O. The second kappa shape index (κ2) is 8.72. The van der Waals surface area contributed by atoms with Gasteiger partial charge < -0.3 is 11.1 Å². The Morgan fingerprint density at radius 2 is 2.12 bits per heavy atom. The van der Waals surface area contributed by atoms with Crippen LogP contribution in [-0.4, -0.2) is 19.0 Å². The summed E-state index contributed by atoms with van der Waals surface area (Å²) in [5.41, 5.74) is 7.25. The van der Waals surface area contributed by atoms with Gasteiger partial charge in [-0.1, -0.05) is 11.6 Å². The lowest BCUT2D eigenvalue weighted by atomic mass is 10.1. The molecule has 0 bridgehead atoms. The maximum Gasteiger partial charge on any atom is 0.252 e. The first-order chi connectivity index (χ1) is 7.65. The Balaban J connectivity index is 0.00000256. The molecular weight excluding hydrogens is 351 g/mol. The number of benzene rings is 1. The molecule has 1 rings (SSSR count). The zero-order valence-corrected chi connectivity index (χ0v) is 12.8. The normalized spacial score (nSPS) is 9.59. The molecule has 1 aromatic rings. The Kier molecular flexibility index (Phi) is 8.55. The Morgan fingerprint density at radius 1 is 1.41 bits per heavy atom. The Labute approximate surface area is 122 Å². The van der Waals surface area contributed by atoms with Crippen molar-refractivity contribution in [2.24, 2.45) is 5.73 Å². The first-order valence-corrected chi connectivity index (χ1v) is 6.47. The van der Waals surface area contributed by atoms with Crippen molar-refractivity contribution in [1.29, 1.82) is 0 Å². The Bertz CT molecular complexity index is 372. The number of carbonyl (C=O) groups excluding carboxylic acids is 1. The maximum absolute atomic E-state index is 11.8. The van der Waals surface area contributed by atoms with Crippen molar-refractivity contribution in [2.45, 2.75) is 19.8 Å². The van der Waals surface area contributed by atoms with E-state index in [2.05, 4.69) is 27.9 Å². The van der Waals surface area contributed by atoms with Crippen molar-refractivity contribution in [3.05, 3.63) is 32.9 Å². The smallest absolute Gasteiger partial charge is 0.252 e. The Hall–Kier alpha value is -0.330. The highest BCUT2D eigenvalue weighted by Gasteiger charge is 2.08. The molecule has 0 aliphatic heterocycles. The van der Waals surface area contributed by atoms with Gasteiger partial charge in [-0.2, -0.15) is 0 Å². The van der Waals surface area contributed by atoms with Gasteiger partial charge in [0.2, 0.25) is 0 Å². The topological polar surface area (TPSA) is 55.1 Å². The zero-order chi connectivity index (χ0) is 12.0. The fraction of sp³-hybridized carbons (Fsp3) is 0.417. The van der Waals surface area contributed by atoms with Crippen LogP contribution in [-0.2, 0) is 0 Å². The largest absolute Gasteiger partial charge is 0.352 e. The van der Waals surface area contributed by atoms with E-state index in [1.165, 1.54) is 0 Å². The van der Waals surface area contributed by atoms with Gasteiger partial charge in [0.25, 0.3) is 5.91 Å². The van der Waals surface area contributed by atoms with Crippen LogP contribution < -0.4 is 11.1 Å². The van der Waals surface area contributed by atoms with Crippen LogP contribution in [0.3, 0.4) is 0 Å². The molecule has 5 heteroatoms. The molecule has 3 N–H and O–H groups in total. The predicted molar refractivity (Wildman–Crippen MR) is 81.8 cm³/mol. The van der Waals surface area contributed by atoms with Gasteiger partial charge in [-0.25, -0.2) is 0 Å². The third-order valence-electron chi connectivity index (χ3n) is 2.28.